The molecule has 0 saturated heterocycles. The van der Waals surface area contributed by atoms with Crippen molar-refractivity contribution in [3.63, 3.8) is 0 Å². The number of hydrogen-bond acceptors (Lipinski definition) is 6. The van der Waals surface area contributed by atoms with Gasteiger partial charge < -0.3 is 9.84 Å². The van der Waals surface area contributed by atoms with Crippen LogP contribution in [0.1, 0.15) is 12.8 Å². The van der Waals surface area contributed by atoms with E-state index in [9.17, 15) is 4.79 Å². The van der Waals surface area contributed by atoms with Crippen molar-refractivity contribution in [3.8, 4) is 22.6 Å². The van der Waals surface area contributed by atoms with Gasteiger partial charge in [0.05, 0.1) is 11.9 Å². The smallest absolute Gasteiger partial charge is 0.320 e. The number of carbonyl (C=O) groups is 1. The van der Waals surface area contributed by atoms with Gasteiger partial charge in [-0.05, 0) is 30.7 Å². The first-order chi connectivity index (χ1) is 13.1. The maximum Gasteiger partial charge on any atom is 0.320 e. The van der Waals surface area contributed by atoms with E-state index in [0.29, 0.717) is 35.4 Å². The van der Waals surface area contributed by atoms with Gasteiger partial charge in [0.2, 0.25) is 11.7 Å². The summed E-state index contributed by atoms with van der Waals surface area (Å²) in [5.41, 5.74) is 3.17. The van der Waals surface area contributed by atoms with E-state index in [4.69, 9.17) is 4.52 Å². The minimum Gasteiger partial charge on any atom is -0.339 e. The number of fused-ring (bicyclic) bond motifs is 1. The molecule has 0 atom stereocenters. The van der Waals surface area contributed by atoms with Gasteiger partial charge in [-0.2, -0.15) is 4.98 Å². The third-order valence-electron chi connectivity index (χ3n) is 3.90. The number of anilines is 1. The minimum atomic E-state index is -0.314. The topological polar surface area (TPSA) is 110 Å². The van der Waals surface area contributed by atoms with E-state index in [0.717, 1.165) is 11.1 Å². The lowest BCUT2D eigenvalue weighted by Gasteiger charge is -2.06. The molecule has 0 fully saturated rings. The molecule has 9 heteroatoms. The first-order valence-electron chi connectivity index (χ1n) is 8.43. The molecular weight excluding hydrogens is 346 g/mol. The van der Waals surface area contributed by atoms with Crippen LogP contribution in [0.5, 0.6) is 0 Å². The van der Waals surface area contributed by atoms with E-state index in [1.165, 1.54) is 0 Å². The van der Waals surface area contributed by atoms with Crippen LogP contribution in [-0.2, 0) is 0 Å². The lowest BCUT2D eigenvalue weighted by molar-refractivity contribution is 0.252. The quantitative estimate of drug-likeness (QED) is 0.577. The summed E-state index contributed by atoms with van der Waals surface area (Å²) in [6, 6.07) is 7.36. The molecule has 2 N–H and O–H groups in total. The Morgan fingerprint density at radius 1 is 1.26 bits per heavy atom. The van der Waals surface area contributed by atoms with Gasteiger partial charge >= 0.3 is 6.03 Å². The van der Waals surface area contributed by atoms with Crippen molar-refractivity contribution in [2.24, 2.45) is 0 Å². The number of rotatable bonds is 4. The Kier molecular flexibility index (Phi) is 4.25. The average molecular weight is 363 g/mol. The van der Waals surface area contributed by atoms with Crippen molar-refractivity contribution in [1.82, 2.24) is 29.8 Å². The molecule has 0 bridgehead atoms. The van der Waals surface area contributed by atoms with Crippen molar-refractivity contribution in [3.05, 3.63) is 48.7 Å². The Balaban J connectivity index is 1.86. The number of pyridine rings is 2. The Hall–Kier alpha value is -3.75. The van der Waals surface area contributed by atoms with Crippen LogP contribution < -0.4 is 10.6 Å². The molecule has 0 spiro atoms. The van der Waals surface area contributed by atoms with Crippen LogP contribution >= 0.6 is 0 Å². The molecule has 4 rings (SSSR count). The van der Waals surface area contributed by atoms with Crippen LogP contribution in [0.3, 0.4) is 0 Å². The molecule has 0 unspecified atom stereocenters. The van der Waals surface area contributed by atoms with Crippen molar-refractivity contribution >= 4 is 17.5 Å². The summed E-state index contributed by atoms with van der Waals surface area (Å²) in [6.45, 7) is 4.10. The SMILES string of the molecule is CCNC(=O)Nc1cn2c(-c3noc(C)n3)cc(-c3cccnc3)cc2n1. The van der Waals surface area contributed by atoms with Crippen LogP contribution in [0.15, 0.2) is 47.4 Å². The Morgan fingerprint density at radius 3 is 2.85 bits per heavy atom. The summed E-state index contributed by atoms with van der Waals surface area (Å²) in [4.78, 5) is 24.8. The first kappa shape index (κ1) is 16.7. The minimum absolute atomic E-state index is 0.314. The zero-order valence-corrected chi connectivity index (χ0v) is 14.8. The first-order valence-corrected chi connectivity index (χ1v) is 8.43. The molecule has 0 aliphatic heterocycles. The average Bonchev–Trinajstić information content (AvgIpc) is 3.27. The predicted octanol–water partition coefficient (Wildman–Crippen LogP) is 2.90. The number of amides is 2. The summed E-state index contributed by atoms with van der Waals surface area (Å²) >= 11 is 0. The number of nitrogens with one attached hydrogen (secondary N) is 2. The van der Waals surface area contributed by atoms with Gasteiger partial charge in [-0.1, -0.05) is 11.2 Å². The molecular formula is C18H17N7O2. The number of aryl methyl sites for hydroxylation is 1. The lowest BCUT2D eigenvalue weighted by atomic mass is 10.1. The molecule has 2 amide bonds. The summed E-state index contributed by atoms with van der Waals surface area (Å²) in [6.07, 6.45) is 5.21. The highest BCUT2D eigenvalue weighted by molar-refractivity contribution is 5.88. The van der Waals surface area contributed by atoms with E-state index in [2.05, 4.69) is 30.7 Å². The Morgan fingerprint density at radius 2 is 2.15 bits per heavy atom. The maximum absolute atomic E-state index is 11.8. The fourth-order valence-corrected chi connectivity index (χ4v) is 2.74. The molecule has 0 saturated carbocycles. The lowest BCUT2D eigenvalue weighted by Crippen LogP contribution is -2.28. The summed E-state index contributed by atoms with van der Waals surface area (Å²) in [5.74, 6) is 1.32. The van der Waals surface area contributed by atoms with Crippen molar-refractivity contribution in [2.45, 2.75) is 13.8 Å². The van der Waals surface area contributed by atoms with Crippen molar-refractivity contribution < 1.29 is 9.32 Å². The van der Waals surface area contributed by atoms with Crippen LogP contribution in [-0.4, -0.2) is 37.1 Å². The van der Waals surface area contributed by atoms with E-state index in [-0.39, 0.29) is 6.03 Å². The Bertz CT molecular complexity index is 1100. The number of urea groups is 1. The van der Waals surface area contributed by atoms with Crippen molar-refractivity contribution in [1.29, 1.82) is 0 Å². The largest absolute Gasteiger partial charge is 0.339 e. The highest BCUT2D eigenvalue weighted by Gasteiger charge is 2.15. The van der Waals surface area contributed by atoms with E-state index in [1.54, 1.807) is 25.5 Å². The molecule has 27 heavy (non-hydrogen) atoms. The third kappa shape index (κ3) is 3.34. The molecule has 0 aliphatic carbocycles. The third-order valence-corrected chi connectivity index (χ3v) is 3.90. The monoisotopic (exact) mass is 363 g/mol. The summed E-state index contributed by atoms with van der Waals surface area (Å²) in [5, 5.41) is 9.42. The van der Waals surface area contributed by atoms with Crippen LogP contribution in [0.4, 0.5) is 10.6 Å². The van der Waals surface area contributed by atoms with Crippen LogP contribution in [0.25, 0.3) is 28.3 Å². The second-order valence-electron chi connectivity index (χ2n) is 5.85. The Labute approximate surface area is 154 Å². The standard InChI is InChI=1S/C18H17N7O2/c1-3-20-18(26)23-15-10-25-14(17-21-11(2)27-24-17)7-13(8-16(25)22-15)12-5-4-6-19-9-12/h4-10H,3H2,1-2H3,(H2,20,23,26). The number of carbonyl (C=O) groups excluding carboxylic acids is 1. The van der Waals surface area contributed by atoms with E-state index in [1.807, 2.05) is 35.6 Å². The van der Waals surface area contributed by atoms with Gasteiger partial charge in [0, 0.05) is 31.4 Å². The molecule has 0 aliphatic rings. The zero-order chi connectivity index (χ0) is 18.8. The van der Waals surface area contributed by atoms with Crippen LogP contribution in [0, 0.1) is 6.92 Å². The molecule has 136 valence electrons. The van der Waals surface area contributed by atoms with Gasteiger partial charge in [-0.3, -0.25) is 14.7 Å². The fourth-order valence-electron chi connectivity index (χ4n) is 2.74. The number of hydrogen-bond donors (Lipinski definition) is 2. The molecule has 4 heterocycles. The highest BCUT2D eigenvalue weighted by atomic mass is 16.5. The van der Waals surface area contributed by atoms with Gasteiger partial charge in [0.15, 0.2) is 5.82 Å². The fraction of sp³-hybridized carbons (Fsp3) is 0.167. The van der Waals surface area contributed by atoms with E-state index < -0.39 is 0 Å². The van der Waals surface area contributed by atoms with Crippen LogP contribution in [0.2, 0.25) is 0 Å². The second kappa shape index (κ2) is 6.87. The number of aromatic nitrogens is 5. The zero-order valence-electron chi connectivity index (χ0n) is 14.8. The molecule has 9 nitrogen and oxygen atoms in total. The second-order valence-corrected chi connectivity index (χ2v) is 5.85. The molecule has 0 aromatic carbocycles. The number of nitrogens with zero attached hydrogens (tertiary/aromatic N) is 5. The number of imidazole rings is 1. The van der Waals surface area contributed by atoms with Gasteiger partial charge in [-0.25, -0.2) is 9.78 Å². The predicted molar refractivity (Wildman–Crippen MR) is 99.1 cm³/mol. The normalized spacial score (nSPS) is 10.9. The molecule has 0 radical (unpaired) electrons. The molecule has 4 aromatic heterocycles. The summed E-state index contributed by atoms with van der Waals surface area (Å²) in [7, 11) is 0. The highest BCUT2D eigenvalue weighted by Crippen LogP contribution is 2.28. The van der Waals surface area contributed by atoms with E-state index >= 15 is 0 Å². The summed E-state index contributed by atoms with van der Waals surface area (Å²) < 4.78 is 6.94. The van der Waals surface area contributed by atoms with Gasteiger partial charge in [0.1, 0.15) is 5.65 Å². The molecule has 4 aromatic rings. The van der Waals surface area contributed by atoms with Gasteiger partial charge in [-0.15, -0.1) is 0 Å². The maximum atomic E-state index is 11.8. The van der Waals surface area contributed by atoms with Gasteiger partial charge in [0.25, 0.3) is 0 Å². The van der Waals surface area contributed by atoms with Crippen molar-refractivity contribution in [2.75, 3.05) is 11.9 Å².